The number of nitrogens with zero attached hydrogens (tertiary/aromatic N) is 1. The zero-order chi connectivity index (χ0) is 10.2. The van der Waals surface area contributed by atoms with Crippen molar-refractivity contribution in [2.24, 2.45) is 0 Å². The number of nitrogens with one attached hydrogen (secondary N) is 1. The quantitative estimate of drug-likeness (QED) is 0.788. The van der Waals surface area contributed by atoms with Crippen molar-refractivity contribution in [2.75, 3.05) is 0 Å². The lowest BCUT2D eigenvalue weighted by Crippen LogP contribution is -1.99. The van der Waals surface area contributed by atoms with E-state index in [4.69, 9.17) is 39.2 Å². The molecule has 0 aliphatic carbocycles. The van der Waals surface area contributed by atoms with Gasteiger partial charge in [0.15, 0.2) is 5.76 Å². The molecule has 14 heavy (non-hydrogen) atoms. The number of H-pyrrole nitrogens is 1. The van der Waals surface area contributed by atoms with E-state index >= 15 is 0 Å². The monoisotopic (exact) mass is 250 g/mol. The van der Waals surface area contributed by atoms with Crippen LogP contribution in [0.15, 0.2) is 28.9 Å². The highest BCUT2D eigenvalue weighted by molar-refractivity contribution is 6.66. The fourth-order valence-electron chi connectivity index (χ4n) is 1.02. The fraction of sp³-hybridized carbons (Fsp3) is 0.125. The first kappa shape index (κ1) is 9.90. The molecule has 0 amide bonds. The molecule has 74 valence electrons. The first-order chi connectivity index (χ1) is 6.57. The van der Waals surface area contributed by atoms with Gasteiger partial charge >= 0.3 is 0 Å². The molecule has 6 heteroatoms. The third kappa shape index (κ3) is 1.90. The number of hydrogen-bond donors (Lipinski definition) is 1. The Balaban J connectivity index is 2.36. The number of furan rings is 1. The van der Waals surface area contributed by atoms with Gasteiger partial charge in [-0.05, 0) is 18.2 Å². The van der Waals surface area contributed by atoms with Crippen LogP contribution in [0.25, 0.3) is 11.5 Å². The van der Waals surface area contributed by atoms with Gasteiger partial charge in [-0.2, -0.15) is 5.10 Å². The Bertz CT molecular complexity index is 416. The van der Waals surface area contributed by atoms with Crippen LogP contribution in [0.3, 0.4) is 0 Å². The summed E-state index contributed by atoms with van der Waals surface area (Å²) in [6.45, 7) is 0. The molecule has 2 aromatic rings. The molecule has 0 aromatic carbocycles. The summed E-state index contributed by atoms with van der Waals surface area (Å²) in [6, 6.07) is 5.17. The number of halogens is 3. The summed E-state index contributed by atoms with van der Waals surface area (Å²) in [5, 5.41) is 6.58. The average molecular weight is 252 g/mol. The molecular formula is C8H5Cl3N2O. The van der Waals surface area contributed by atoms with Crippen LogP contribution < -0.4 is 0 Å². The van der Waals surface area contributed by atoms with Crippen molar-refractivity contribution in [3.05, 3.63) is 30.2 Å². The first-order valence-corrected chi connectivity index (χ1v) is 4.87. The second-order valence-corrected chi connectivity index (χ2v) is 4.92. The van der Waals surface area contributed by atoms with Crippen LogP contribution in [0.5, 0.6) is 0 Å². The van der Waals surface area contributed by atoms with Crippen LogP contribution in [0.2, 0.25) is 0 Å². The third-order valence-corrected chi connectivity index (χ3v) is 2.27. The van der Waals surface area contributed by atoms with Gasteiger partial charge in [0, 0.05) is 0 Å². The molecule has 0 radical (unpaired) electrons. The summed E-state index contributed by atoms with van der Waals surface area (Å²) >= 11 is 17.0. The molecule has 2 heterocycles. The van der Waals surface area contributed by atoms with Gasteiger partial charge in [-0.25, -0.2) is 0 Å². The number of aromatic nitrogens is 2. The van der Waals surface area contributed by atoms with Crippen molar-refractivity contribution < 1.29 is 4.42 Å². The molecule has 0 saturated carbocycles. The van der Waals surface area contributed by atoms with Gasteiger partial charge in [-0.1, -0.05) is 34.8 Å². The Morgan fingerprint density at radius 2 is 2.14 bits per heavy atom. The maximum Gasteiger partial charge on any atom is 0.232 e. The van der Waals surface area contributed by atoms with Crippen molar-refractivity contribution in [3.63, 3.8) is 0 Å². The number of rotatable bonds is 1. The summed E-state index contributed by atoms with van der Waals surface area (Å²) in [7, 11) is 0. The molecule has 2 rings (SSSR count). The molecule has 0 aliphatic rings. The van der Waals surface area contributed by atoms with Crippen LogP contribution in [-0.2, 0) is 3.79 Å². The zero-order valence-electron chi connectivity index (χ0n) is 6.80. The second kappa shape index (κ2) is 3.50. The molecule has 0 fully saturated rings. The topological polar surface area (TPSA) is 41.8 Å². The number of hydrogen-bond acceptors (Lipinski definition) is 2. The zero-order valence-corrected chi connectivity index (χ0v) is 9.07. The lowest BCUT2D eigenvalue weighted by atomic mass is 10.3. The van der Waals surface area contributed by atoms with E-state index < -0.39 is 3.79 Å². The van der Waals surface area contributed by atoms with E-state index in [2.05, 4.69) is 10.2 Å². The lowest BCUT2D eigenvalue weighted by Gasteiger charge is -2.05. The minimum atomic E-state index is -1.49. The first-order valence-electron chi connectivity index (χ1n) is 3.74. The predicted octanol–water partition coefficient (Wildman–Crippen LogP) is 3.50. The number of aromatic amines is 1. The SMILES string of the molecule is ClC(Cl)(Cl)c1cc(-c2ccco2)n[nH]1. The summed E-state index contributed by atoms with van der Waals surface area (Å²) in [4.78, 5) is 0. The lowest BCUT2D eigenvalue weighted by molar-refractivity contribution is 0.580. The van der Waals surface area contributed by atoms with E-state index in [0.717, 1.165) is 0 Å². The standard InChI is InChI=1S/C8H5Cl3N2O/c9-8(10,11)7-4-5(12-13-7)6-2-1-3-14-6/h1-4H,(H,12,13). The van der Waals surface area contributed by atoms with Crippen LogP contribution >= 0.6 is 34.8 Å². The number of alkyl halides is 3. The highest BCUT2D eigenvalue weighted by atomic mass is 35.6. The minimum absolute atomic E-state index is 0.411. The van der Waals surface area contributed by atoms with E-state index in [1.165, 1.54) is 0 Å². The Kier molecular flexibility index (Phi) is 2.47. The summed E-state index contributed by atoms with van der Waals surface area (Å²) in [6.07, 6.45) is 1.55. The molecular weight excluding hydrogens is 246 g/mol. The van der Waals surface area contributed by atoms with E-state index in [-0.39, 0.29) is 0 Å². The molecule has 0 bridgehead atoms. The summed E-state index contributed by atoms with van der Waals surface area (Å²) in [5.41, 5.74) is 1.02. The van der Waals surface area contributed by atoms with Crippen molar-refractivity contribution in [1.82, 2.24) is 10.2 Å². The maximum atomic E-state index is 5.66. The molecule has 0 aliphatic heterocycles. The normalized spacial score (nSPS) is 11.9. The highest BCUT2D eigenvalue weighted by Crippen LogP contribution is 2.38. The van der Waals surface area contributed by atoms with Crippen LogP contribution in [0.4, 0.5) is 0 Å². The fourth-order valence-corrected chi connectivity index (χ4v) is 1.31. The van der Waals surface area contributed by atoms with Gasteiger partial charge in [0.05, 0.1) is 12.0 Å². The highest BCUT2D eigenvalue weighted by Gasteiger charge is 2.25. The van der Waals surface area contributed by atoms with Crippen molar-refractivity contribution in [1.29, 1.82) is 0 Å². The van der Waals surface area contributed by atoms with E-state index in [9.17, 15) is 0 Å². The summed E-state index contributed by atoms with van der Waals surface area (Å²) in [5.74, 6) is 0.627. The van der Waals surface area contributed by atoms with E-state index in [0.29, 0.717) is 17.1 Å². The summed E-state index contributed by atoms with van der Waals surface area (Å²) < 4.78 is 3.65. The Labute approximate surface area is 95.0 Å². The molecule has 0 unspecified atom stereocenters. The van der Waals surface area contributed by atoms with Gasteiger partial charge in [0.2, 0.25) is 3.79 Å². The molecule has 0 atom stereocenters. The largest absolute Gasteiger partial charge is 0.463 e. The Morgan fingerprint density at radius 1 is 1.36 bits per heavy atom. The molecule has 2 aromatic heterocycles. The van der Waals surface area contributed by atoms with Crippen molar-refractivity contribution >= 4 is 34.8 Å². The third-order valence-electron chi connectivity index (χ3n) is 1.66. The molecule has 0 saturated heterocycles. The second-order valence-electron chi connectivity index (χ2n) is 2.64. The Morgan fingerprint density at radius 3 is 2.64 bits per heavy atom. The minimum Gasteiger partial charge on any atom is -0.463 e. The van der Waals surface area contributed by atoms with Crippen LogP contribution in [0.1, 0.15) is 5.69 Å². The predicted molar refractivity (Wildman–Crippen MR) is 55.5 cm³/mol. The van der Waals surface area contributed by atoms with Gasteiger partial charge in [-0.15, -0.1) is 0 Å². The van der Waals surface area contributed by atoms with Crippen LogP contribution in [0, 0.1) is 0 Å². The Hall–Kier alpha value is -0.640. The molecule has 1 N–H and O–H groups in total. The molecule has 3 nitrogen and oxygen atoms in total. The van der Waals surface area contributed by atoms with Crippen LogP contribution in [-0.4, -0.2) is 10.2 Å². The van der Waals surface area contributed by atoms with Crippen molar-refractivity contribution in [3.8, 4) is 11.5 Å². The van der Waals surface area contributed by atoms with Crippen molar-refractivity contribution in [2.45, 2.75) is 3.79 Å². The average Bonchev–Trinajstić information content (AvgIpc) is 2.73. The molecule has 0 spiro atoms. The maximum absolute atomic E-state index is 5.66. The van der Waals surface area contributed by atoms with Gasteiger partial charge in [-0.3, -0.25) is 5.10 Å². The van der Waals surface area contributed by atoms with E-state index in [1.54, 1.807) is 24.5 Å². The smallest absolute Gasteiger partial charge is 0.232 e. The van der Waals surface area contributed by atoms with Gasteiger partial charge in [0.25, 0.3) is 0 Å². The van der Waals surface area contributed by atoms with Gasteiger partial charge in [0.1, 0.15) is 5.69 Å². The van der Waals surface area contributed by atoms with E-state index in [1.807, 2.05) is 0 Å². The van der Waals surface area contributed by atoms with Gasteiger partial charge < -0.3 is 4.42 Å².